The molecular formula is C24H19N3O2. The predicted molar refractivity (Wildman–Crippen MR) is 117 cm³/mol. The Morgan fingerprint density at radius 3 is 2.41 bits per heavy atom. The van der Waals surface area contributed by atoms with Gasteiger partial charge in [-0.1, -0.05) is 42.5 Å². The van der Waals surface area contributed by atoms with Crippen molar-refractivity contribution in [3.8, 4) is 11.5 Å². The zero-order valence-electron chi connectivity index (χ0n) is 15.6. The molecule has 5 heteroatoms. The van der Waals surface area contributed by atoms with Gasteiger partial charge in [0.05, 0.1) is 6.21 Å². The lowest BCUT2D eigenvalue weighted by Gasteiger charge is -2.09. The highest BCUT2D eigenvalue weighted by Gasteiger charge is 2.08. The van der Waals surface area contributed by atoms with Crippen LogP contribution in [0, 0.1) is 0 Å². The van der Waals surface area contributed by atoms with Crippen molar-refractivity contribution >= 4 is 28.6 Å². The molecule has 5 nitrogen and oxygen atoms in total. The number of para-hydroxylation sites is 1. The monoisotopic (exact) mass is 381 g/mol. The molecule has 0 aliphatic heterocycles. The van der Waals surface area contributed by atoms with Gasteiger partial charge in [0.25, 0.3) is 5.91 Å². The van der Waals surface area contributed by atoms with Crippen LogP contribution in [0.5, 0.6) is 11.5 Å². The topological polar surface area (TPSA) is 76.7 Å². The van der Waals surface area contributed by atoms with Crippen LogP contribution in [0.4, 0.5) is 5.69 Å². The molecule has 0 spiro atoms. The lowest BCUT2D eigenvalue weighted by atomic mass is 10.0. The second kappa shape index (κ2) is 8.27. The smallest absolute Gasteiger partial charge is 0.255 e. The first-order valence-corrected chi connectivity index (χ1v) is 9.13. The average molecular weight is 381 g/mol. The van der Waals surface area contributed by atoms with Gasteiger partial charge in [0.2, 0.25) is 0 Å². The second-order valence-corrected chi connectivity index (χ2v) is 6.50. The average Bonchev–Trinajstić information content (AvgIpc) is 2.74. The number of nitrogens with two attached hydrogens (primary N) is 1. The fraction of sp³-hybridized carbons (Fsp3) is 0. The predicted octanol–water partition coefficient (Wildman–Crippen LogP) is 5.18. The van der Waals surface area contributed by atoms with E-state index >= 15 is 0 Å². The summed E-state index contributed by atoms with van der Waals surface area (Å²) in [7, 11) is 0. The number of hydrogen-bond donors (Lipinski definition) is 2. The van der Waals surface area contributed by atoms with E-state index in [1.807, 2.05) is 78.9 Å². The standard InChI is InChI=1S/C24H19N3O2/c25-26-16-17-9-10-19-14-20(12-11-18(19)13-17)24(28)27-21-5-4-8-23(15-21)29-22-6-2-1-3-7-22/h1-16H,25H2,(H,27,28). The van der Waals surface area contributed by atoms with E-state index in [4.69, 9.17) is 10.6 Å². The number of rotatable bonds is 5. The molecule has 4 rings (SSSR count). The molecule has 0 heterocycles. The van der Waals surface area contributed by atoms with Crippen molar-refractivity contribution in [3.05, 3.63) is 102 Å². The van der Waals surface area contributed by atoms with E-state index in [-0.39, 0.29) is 5.91 Å². The van der Waals surface area contributed by atoms with Gasteiger partial charge >= 0.3 is 0 Å². The molecule has 3 N–H and O–H groups in total. The number of hydrazone groups is 1. The zero-order chi connectivity index (χ0) is 20.1. The van der Waals surface area contributed by atoms with Crippen LogP contribution in [-0.4, -0.2) is 12.1 Å². The fourth-order valence-electron chi connectivity index (χ4n) is 3.04. The normalized spacial score (nSPS) is 10.9. The van der Waals surface area contributed by atoms with Gasteiger partial charge in [-0.15, -0.1) is 0 Å². The van der Waals surface area contributed by atoms with Gasteiger partial charge in [-0.2, -0.15) is 5.10 Å². The molecular weight excluding hydrogens is 362 g/mol. The van der Waals surface area contributed by atoms with E-state index in [1.165, 1.54) is 0 Å². The van der Waals surface area contributed by atoms with Crippen molar-refractivity contribution in [1.82, 2.24) is 0 Å². The number of hydrogen-bond acceptors (Lipinski definition) is 4. The molecule has 0 unspecified atom stereocenters. The Hall–Kier alpha value is -4.12. The molecule has 0 aromatic heterocycles. The van der Waals surface area contributed by atoms with Crippen LogP contribution in [0.25, 0.3) is 10.8 Å². The molecule has 0 aliphatic rings. The maximum Gasteiger partial charge on any atom is 0.255 e. The fourth-order valence-corrected chi connectivity index (χ4v) is 3.04. The Balaban J connectivity index is 1.51. The number of amides is 1. The number of carbonyl (C=O) groups excluding carboxylic acids is 1. The molecule has 0 saturated heterocycles. The number of fused-ring (bicyclic) bond motifs is 1. The van der Waals surface area contributed by atoms with Gasteiger partial charge in [-0.3, -0.25) is 4.79 Å². The van der Waals surface area contributed by atoms with Crippen LogP contribution >= 0.6 is 0 Å². The van der Waals surface area contributed by atoms with Crippen molar-refractivity contribution in [1.29, 1.82) is 0 Å². The largest absolute Gasteiger partial charge is 0.457 e. The van der Waals surface area contributed by atoms with Crippen LogP contribution in [0.1, 0.15) is 15.9 Å². The Kier molecular flexibility index (Phi) is 5.21. The molecule has 0 radical (unpaired) electrons. The highest BCUT2D eigenvalue weighted by Crippen LogP contribution is 2.24. The summed E-state index contributed by atoms with van der Waals surface area (Å²) in [5, 5.41) is 8.44. The number of benzene rings is 4. The summed E-state index contributed by atoms with van der Waals surface area (Å²) < 4.78 is 5.82. The van der Waals surface area contributed by atoms with Crippen molar-refractivity contribution in [2.45, 2.75) is 0 Å². The highest BCUT2D eigenvalue weighted by atomic mass is 16.5. The second-order valence-electron chi connectivity index (χ2n) is 6.50. The molecule has 0 atom stereocenters. The van der Waals surface area contributed by atoms with Crippen molar-refractivity contribution < 1.29 is 9.53 Å². The minimum absolute atomic E-state index is 0.184. The van der Waals surface area contributed by atoms with Crippen LogP contribution in [0.2, 0.25) is 0 Å². The third kappa shape index (κ3) is 4.42. The maximum atomic E-state index is 12.7. The maximum absolute atomic E-state index is 12.7. The summed E-state index contributed by atoms with van der Waals surface area (Å²) in [6.45, 7) is 0. The van der Waals surface area contributed by atoms with Crippen LogP contribution < -0.4 is 15.9 Å². The molecule has 142 valence electrons. The van der Waals surface area contributed by atoms with Crippen LogP contribution in [-0.2, 0) is 0 Å². The number of nitrogens with zero attached hydrogens (tertiary/aromatic N) is 1. The van der Waals surface area contributed by atoms with Crippen molar-refractivity contribution in [3.63, 3.8) is 0 Å². The summed E-state index contributed by atoms with van der Waals surface area (Å²) in [5.74, 6) is 6.41. The summed E-state index contributed by atoms with van der Waals surface area (Å²) in [5.41, 5.74) is 2.15. The van der Waals surface area contributed by atoms with Crippen molar-refractivity contribution in [2.75, 3.05) is 5.32 Å². The first-order valence-electron chi connectivity index (χ1n) is 9.13. The summed E-state index contributed by atoms with van der Waals surface area (Å²) >= 11 is 0. The highest BCUT2D eigenvalue weighted by molar-refractivity contribution is 6.06. The molecule has 0 aliphatic carbocycles. The van der Waals surface area contributed by atoms with Gasteiger partial charge in [0.15, 0.2) is 0 Å². The number of ether oxygens (including phenoxy) is 1. The molecule has 0 saturated carbocycles. The first kappa shape index (κ1) is 18.3. The molecule has 0 fully saturated rings. The van der Waals surface area contributed by atoms with E-state index in [1.54, 1.807) is 18.3 Å². The molecule has 0 bridgehead atoms. The van der Waals surface area contributed by atoms with Gasteiger partial charge in [-0.05, 0) is 58.8 Å². The first-order chi connectivity index (χ1) is 14.2. The Morgan fingerprint density at radius 2 is 1.59 bits per heavy atom. The Morgan fingerprint density at radius 1 is 0.828 bits per heavy atom. The SMILES string of the molecule is NN=Cc1ccc2cc(C(=O)Nc3cccc(Oc4ccccc4)c3)ccc2c1. The number of carbonyl (C=O) groups is 1. The van der Waals surface area contributed by atoms with Gasteiger partial charge in [-0.25, -0.2) is 0 Å². The van der Waals surface area contributed by atoms with Crippen molar-refractivity contribution in [2.24, 2.45) is 10.9 Å². The van der Waals surface area contributed by atoms with Gasteiger partial charge in [0, 0.05) is 17.3 Å². The lowest BCUT2D eigenvalue weighted by Crippen LogP contribution is -2.11. The molecule has 4 aromatic carbocycles. The molecule has 29 heavy (non-hydrogen) atoms. The summed E-state index contributed by atoms with van der Waals surface area (Å²) in [6, 6.07) is 28.2. The zero-order valence-corrected chi connectivity index (χ0v) is 15.6. The minimum atomic E-state index is -0.184. The Labute approximate surface area is 168 Å². The van der Waals surface area contributed by atoms with E-state index in [0.717, 1.165) is 22.1 Å². The summed E-state index contributed by atoms with van der Waals surface area (Å²) in [4.78, 5) is 12.7. The van der Waals surface area contributed by atoms with Crippen LogP contribution in [0.15, 0.2) is 96.1 Å². The van der Waals surface area contributed by atoms with Crippen LogP contribution in [0.3, 0.4) is 0 Å². The minimum Gasteiger partial charge on any atom is -0.457 e. The quantitative estimate of drug-likeness (QED) is 0.284. The van der Waals surface area contributed by atoms with E-state index < -0.39 is 0 Å². The lowest BCUT2D eigenvalue weighted by molar-refractivity contribution is 0.102. The summed E-state index contributed by atoms with van der Waals surface area (Å²) in [6.07, 6.45) is 1.59. The third-order valence-electron chi connectivity index (χ3n) is 4.42. The van der Waals surface area contributed by atoms with E-state index in [0.29, 0.717) is 17.0 Å². The molecule has 1 amide bonds. The molecule has 4 aromatic rings. The van der Waals surface area contributed by atoms with E-state index in [2.05, 4.69) is 10.4 Å². The van der Waals surface area contributed by atoms with Gasteiger partial charge in [0.1, 0.15) is 11.5 Å². The number of anilines is 1. The van der Waals surface area contributed by atoms with Gasteiger partial charge < -0.3 is 15.9 Å². The number of nitrogens with one attached hydrogen (secondary N) is 1. The van der Waals surface area contributed by atoms with E-state index in [9.17, 15) is 4.79 Å². The third-order valence-corrected chi connectivity index (χ3v) is 4.42. The Bertz CT molecular complexity index is 1190.